The smallest absolute Gasteiger partial charge is 0.314 e. The first kappa shape index (κ1) is 15.2. The van der Waals surface area contributed by atoms with Gasteiger partial charge in [0.25, 0.3) is 0 Å². The summed E-state index contributed by atoms with van der Waals surface area (Å²) in [5, 5.41) is 2.17. The van der Waals surface area contributed by atoms with Crippen molar-refractivity contribution >= 4 is 18.4 Å². The van der Waals surface area contributed by atoms with Crippen molar-refractivity contribution in [3.8, 4) is 0 Å². The molecule has 0 bridgehead atoms. The molecule has 1 atom stereocenters. The van der Waals surface area contributed by atoms with Gasteiger partial charge in [-0.3, -0.25) is 4.57 Å². The van der Waals surface area contributed by atoms with E-state index in [2.05, 4.69) is 0 Å². The Morgan fingerprint density at radius 1 is 1.05 bits per heavy atom. The summed E-state index contributed by atoms with van der Waals surface area (Å²) in [5.41, 5.74) is 6.88. The number of rotatable bonds is 6. The molecule has 0 aliphatic heterocycles. The predicted molar refractivity (Wildman–Crippen MR) is 81.7 cm³/mol. The first-order chi connectivity index (χ1) is 9.60. The van der Waals surface area contributed by atoms with Crippen molar-refractivity contribution < 1.29 is 13.6 Å². The minimum Gasteiger partial charge on any atom is -0.314 e. The van der Waals surface area contributed by atoms with Crippen molar-refractivity contribution in [1.82, 2.24) is 0 Å². The van der Waals surface area contributed by atoms with E-state index in [4.69, 9.17) is 14.8 Å². The van der Waals surface area contributed by atoms with Gasteiger partial charge >= 0.3 is 7.60 Å². The first-order valence-corrected chi connectivity index (χ1v) is 8.35. The van der Waals surface area contributed by atoms with Crippen molar-refractivity contribution in [3.05, 3.63) is 48.0 Å². The Morgan fingerprint density at radius 3 is 2.25 bits per heavy atom. The largest absolute Gasteiger partial charge is 0.351 e. The molecule has 5 heteroatoms. The van der Waals surface area contributed by atoms with Gasteiger partial charge in [-0.1, -0.05) is 36.4 Å². The molecule has 0 spiro atoms. The Kier molecular flexibility index (Phi) is 4.95. The van der Waals surface area contributed by atoms with Crippen LogP contribution in [0.3, 0.4) is 0 Å². The molecule has 2 N–H and O–H groups in total. The standard InChI is InChI=1S/C15H20NO3P/c1-3-18-20(17,19-4-2)15(16)14-10-9-12-7-5-6-8-13(12)11-14/h5-11,15H,3-4,16H2,1-2H3/t15-/m0/s1. The lowest BCUT2D eigenvalue weighted by Crippen LogP contribution is -2.15. The van der Waals surface area contributed by atoms with Crippen LogP contribution < -0.4 is 5.73 Å². The molecule has 2 aromatic rings. The van der Waals surface area contributed by atoms with E-state index in [9.17, 15) is 4.57 Å². The lowest BCUT2D eigenvalue weighted by atomic mass is 10.1. The zero-order valence-electron chi connectivity index (χ0n) is 11.8. The highest BCUT2D eigenvalue weighted by molar-refractivity contribution is 7.54. The highest BCUT2D eigenvalue weighted by atomic mass is 31.2. The molecule has 0 unspecified atom stereocenters. The van der Waals surface area contributed by atoms with Gasteiger partial charge in [-0.05, 0) is 36.2 Å². The van der Waals surface area contributed by atoms with Gasteiger partial charge < -0.3 is 14.8 Å². The molecule has 20 heavy (non-hydrogen) atoms. The molecule has 0 fully saturated rings. The van der Waals surface area contributed by atoms with E-state index >= 15 is 0 Å². The molecule has 0 aromatic heterocycles. The molecule has 0 heterocycles. The van der Waals surface area contributed by atoms with E-state index < -0.39 is 13.4 Å². The van der Waals surface area contributed by atoms with Crippen LogP contribution in [-0.2, 0) is 13.6 Å². The number of hydrogen-bond donors (Lipinski definition) is 1. The SMILES string of the molecule is CCOP(=O)(OCC)[C@H](N)c1ccc2ccccc2c1. The zero-order valence-corrected chi connectivity index (χ0v) is 12.7. The minimum absolute atomic E-state index is 0.304. The summed E-state index contributed by atoms with van der Waals surface area (Å²) in [6, 6.07) is 13.7. The van der Waals surface area contributed by atoms with E-state index in [1.165, 1.54) is 0 Å². The molecular weight excluding hydrogens is 273 g/mol. The summed E-state index contributed by atoms with van der Waals surface area (Å²) >= 11 is 0. The number of benzene rings is 2. The van der Waals surface area contributed by atoms with Crippen LogP contribution in [0.4, 0.5) is 0 Å². The van der Waals surface area contributed by atoms with Crippen molar-refractivity contribution in [2.45, 2.75) is 19.6 Å². The average molecular weight is 293 g/mol. The van der Waals surface area contributed by atoms with Crippen LogP contribution in [0.15, 0.2) is 42.5 Å². The van der Waals surface area contributed by atoms with Crippen molar-refractivity contribution in [2.24, 2.45) is 5.73 Å². The molecule has 4 nitrogen and oxygen atoms in total. The summed E-state index contributed by atoms with van der Waals surface area (Å²) in [5.74, 6) is -0.771. The number of fused-ring (bicyclic) bond motifs is 1. The van der Waals surface area contributed by atoms with Crippen molar-refractivity contribution in [3.63, 3.8) is 0 Å². The highest BCUT2D eigenvalue weighted by Crippen LogP contribution is 2.58. The summed E-state index contributed by atoms with van der Waals surface area (Å²) in [7, 11) is -3.33. The second-order valence-corrected chi connectivity index (χ2v) is 6.58. The quantitative estimate of drug-likeness (QED) is 0.816. The van der Waals surface area contributed by atoms with Gasteiger partial charge in [-0.2, -0.15) is 0 Å². The second-order valence-electron chi connectivity index (χ2n) is 4.43. The van der Waals surface area contributed by atoms with Crippen LogP contribution in [0.25, 0.3) is 10.8 Å². The Balaban J connectivity index is 2.38. The molecule has 108 valence electrons. The maximum atomic E-state index is 12.7. The summed E-state index contributed by atoms with van der Waals surface area (Å²) in [4.78, 5) is 0. The fraction of sp³-hybridized carbons (Fsp3) is 0.333. The lowest BCUT2D eigenvalue weighted by Gasteiger charge is -2.23. The van der Waals surface area contributed by atoms with E-state index in [1.807, 2.05) is 42.5 Å². The van der Waals surface area contributed by atoms with E-state index in [1.54, 1.807) is 13.8 Å². The summed E-state index contributed by atoms with van der Waals surface area (Å²) in [6.45, 7) is 4.16. The lowest BCUT2D eigenvalue weighted by molar-refractivity contribution is 0.212. The van der Waals surface area contributed by atoms with Gasteiger partial charge in [-0.25, -0.2) is 0 Å². The number of hydrogen-bond acceptors (Lipinski definition) is 4. The predicted octanol–water partition coefficient (Wildman–Crippen LogP) is 4.06. The molecule has 0 aliphatic rings. The topological polar surface area (TPSA) is 61.5 Å². The van der Waals surface area contributed by atoms with Crippen molar-refractivity contribution in [1.29, 1.82) is 0 Å². The minimum atomic E-state index is -3.33. The van der Waals surface area contributed by atoms with Crippen LogP contribution in [0.5, 0.6) is 0 Å². The van der Waals surface area contributed by atoms with Crippen LogP contribution >= 0.6 is 7.60 Å². The third kappa shape index (κ3) is 3.10. The third-order valence-corrected chi connectivity index (χ3v) is 5.29. The van der Waals surface area contributed by atoms with Crippen LogP contribution in [-0.4, -0.2) is 13.2 Å². The second kappa shape index (κ2) is 6.51. The van der Waals surface area contributed by atoms with Gasteiger partial charge in [0, 0.05) is 0 Å². The van der Waals surface area contributed by atoms with Crippen LogP contribution in [0.1, 0.15) is 25.2 Å². The maximum absolute atomic E-state index is 12.7. The molecule has 0 radical (unpaired) electrons. The van der Waals surface area contributed by atoms with Crippen molar-refractivity contribution in [2.75, 3.05) is 13.2 Å². The van der Waals surface area contributed by atoms with Crippen LogP contribution in [0, 0.1) is 0 Å². The number of nitrogens with two attached hydrogens (primary N) is 1. The normalized spacial score (nSPS) is 13.6. The van der Waals surface area contributed by atoms with Gasteiger partial charge in [0.2, 0.25) is 0 Å². The summed E-state index contributed by atoms with van der Waals surface area (Å²) in [6.07, 6.45) is 0. The Labute approximate surface area is 119 Å². The Morgan fingerprint density at radius 2 is 1.65 bits per heavy atom. The zero-order chi connectivity index (χ0) is 14.6. The van der Waals surface area contributed by atoms with Crippen LogP contribution in [0.2, 0.25) is 0 Å². The van der Waals surface area contributed by atoms with Gasteiger partial charge in [-0.15, -0.1) is 0 Å². The fourth-order valence-corrected chi connectivity index (χ4v) is 3.77. The van der Waals surface area contributed by atoms with Gasteiger partial charge in [0.05, 0.1) is 13.2 Å². The average Bonchev–Trinajstić information content (AvgIpc) is 2.46. The summed E-state index contributed by atoms with van der Waals surface area (Å²) < 4.78 is 23.3. The maximum Gasteiger partial charge on any atom is 0.351 e. The molecular formula is C15H20NO3P. The van der Waals surface area contributed by atoms with Gasteiger partial charge in [0.15, 0.2) is 0 Å². The molecule has 0 saturated heterocycles. The highest BCUT2D eigenvalue weighted by Gasteiger charge is 2.33. The van der Waals surface area contributed by atoms with Gasteiger partial charge in [0.1, 0.15) is 5.78 Å². The Bertz CT molecular complexity index is 619. The first-order valence-electron chi connectivity index (χ1n) is 6.73. The van der Waals surface area contributed by atoms with E-state index in [0.29, 0.717) is 13.2 Å². The third-order valence-electron chi connectivity index (χ3n) is 3.07. The monoisotopic (exact) mass is 293 g/mol. The fourth-order valence-electron chi connectivity index (χ4n) is 2.13. The van der Waals surface area contributed by atoms with E-state index in [-0.39, 0.29) is 0 Å². The molecule has 0 saturated carbocycles. The Hall–Kier alpha value is -1.19. The molecule has 2 aromatic carbocycles. The molecule has 0 amide bonds. The van der Waals surface area contributed by atoms with E-state index in [0.717, 1.165) is 16.3 Å². The molecule has 0 aliphatic carbocycles. The molecule has 2 rings (SSSR count).